The van der Waals surface area contributed by atoms with Gasteiger partial charge in [0.2, 0.25) is 0 Å². The van der Waals surface area contributed by atoms with Crippen LogP contribution in [-0.4, -0.2) is 5.78 Å². The number of carbonyl (C=O) groups is 1. The first kappa shape index (κ1) is 14.1. The average molecular weight is 305 g/mol. The highest BCUT2D eigenvalue weighted by atomic mass is 35.5. The molecule has 0 spiro atoms. The second-order valence-corrected chi connectivity index (χ2v) is 8.63. The Morgan fingerprint density at radius 3 is 2.71 bits per heavy atom. The zero-order valence-electron chi connectivity index (χ0n) is 13.1. The van der Waals surface area contributed by atoms with E-state index in [1.165, 1.54) is 24.8 Å². The molecule has 0 heterocycles. The van der Waals surface area contributed by atoms with E-state index in [1.807, 2.05) is 0 Å². The highest BCUT2D eigenvalue weighted by molar-refractivity contribution is 6.30. The molecule has 3 unspecified atom stereocenters. The molecule has 0 aromatic heterocycles. The Morgan fingerprint density at radius 2 is 1.90 bits per heavy atom. The van der Waals surface area contributed by atoms with Gasteiger partial charge in [-0.15, -0.1) is 0 Å². The van der Waals surface area contributed by atoms with Crippen LogP contribution in [0, 0.1) is 28.6 Å². The van der Waals surface area contributed by atoms with Gasteiger partial charge >= 0.3 is 0 Å². The number of ketones is 1. The van der Waals surface area contributed by atoms with Gasteiger partial charge in [-0.2, -0.15) is 0 Å². The van der Waals surface area contributed by atoms with Crippen LogP contribution in [0.15, 0.2) is 22.8 Å². The van der Waals surface area contributed by atoms with Gasteiger partial charge in [-0.05, 0) is 55.3 Å². The third-order valence-corrected chi connectivity index (χ3v) is 8.01. The quantitative estimate of drug-likeness (QED) is 0.559. The molecule has 4 rings (SSSR count). The van der Waals surface area contributed by atoms with Gasteiger partial charge in [-0.1, -0.05) is 43.2 Å². The Hall–Kier alpha value is -0.560. The molecule has 21 heavy (non-hydrogen) atoms. The molecule has 0 N–H and O–H groups in total. The van der Waals surface area contributed by atoms with E-state index < -0.39 is 0 Å². The summed E-state index contributed by atoms with van der Waals surface area (Å²) in [7, 11) is 0. The molecule has 114 valence electrons. The van der Waals surface area contributed by atoms with Gasteiger partial charge in [-0.3, -0.25) is 4.79 Å². The van der Waals surface area contributed by atoms with E-state index in [0.29, 0.717) is 5.78 Å². The molecule has 0 bridgehead atoms. The lowest BCUT2D eigenvalue weighted by atomic mass is 9.48. The molecule has 0 amide bonds. The molecule has 0 aliphatic heterocycles. The molecule has 2 fully saturated rings. The average Bonchev–Trinajstić information content (AvgIpc) is 2.76. The minimum Gasteiger partial charge on any atom is -0.299 e. The van der Waals surface area contributed by atoms with Gasteiger partial charge in [0.05, 0.1) is 0 Å². The first-order chi connectivity index (χ1) is 9.95. The molecule has 2 heteroatoms. The van der Waals surface area contributed by atoms with Gasteiger partial charge in [0.25, 0.3) is 0 Å². The van der Waals surface area contributed by atoms with E-state index in [9.17, 15) is 4.79 Å². The molecule has 0 aromatic rings. The van der Waals surface area contributed by atoms with Gasteiger partial charge in [-0.25, -0.2) is 0 Å². The lowest BCUT2D eigenvalue weighted by Crippen LogP contribution is -2.49. The number of rotatable bonds is 0. The number of fused-ring (bicyclic) bond motifs is 5. The Labute approximate surface area is 132 Å². The summed E-state index contributed by atoms with van der Waals surface area (Å²) in [6.07, 6.45) is 12.1. The topological polar surface area (TPSA) is 17.1 Å². The number of halogens is 1. The lowest BCUT2D eigenvalue weighted by Gasteiger charge is -2.56. The van der Waals surface area contributed by atoms with Crippen LogP contribution in [0.3, 0.4) is 0 Å². The predicted molar refractivity (Wildman–Crippen MR) is 86.0 cm³/mol. The van der Waals surface area contributed by atoms with Crippen LogP contribution in [0.4, 0.5) is 0 Å². The molecule has 0 aromatic carbocycles. The number of carbonyl (C=O) groups excluding carboxylic acids is 1. The Morgan fingerprint density at radius 1 is 1.10 bits per heavy atom. The first-order valence-electron chi connectivity index (χ1n) is 8.52. The third-order valence-electron chi connectivity index (χ3n) is 7.42. The van der Waals surface area contributed by atoms with Gasteiger partial charge < -0.3 is 0 Å². The maximum absolute atomic E-state index is 11.8. The fourth-order valence-corrected chi connectivity index (χ4v) is 6.32. The highest BCUT2D eigenvalue weighted by Gasteiger charge is 2.56. The summed E-state index contributed by atoms with van der Waals surface area (Å²) in [5.74, 6) is 2.69. The van der Waals surface area contributed by atoms with Gasteiger partial charge in [0, 0.05) is 23.3 Å². The fourth-order valence-electron chi connectivity index (χ4n) is 5.99. The number of allylic oxidation sites excluding steroid dienone is 4. The van der Waals surface area contributed by atoms with Crippen molar-refractivity contribution in [2.24, 2.45) is 28.6 Å². The summed E-state index contributed by atoms with van der Waals surface area (Å²) in [6.45, 7) is 4.82. The van der Waals surface area contributed by atoms with Gasteiger partial charge in [0.15, 0.2) is 0 Å². The molecule has 0 saturated heterocycles. The predicted octanol–water partition coefficient (Wildman–Crippen LogP) is 5.25. The van der Waals surface area contributed by atoms with E-state index in [0.717, 1.165) is 48.5 Å². The second-order valence-electron chi connectivity index (χ2n) is 8.22. The second kappa shape index (κ2) is 4.47. The number of Topliss-reactive ketones (excluding diaryl/α,β-unsaturated/α-hetero) is 1. The van der Waals surface area contributed by atoms with Crippen molar-refractivity contribution in [3.8, 4) is 0 Å². The van der Waals surface area contributed by atoms with Crippen molar-refractivity contribution in [2.75, 3.05) is 0 Å². The van der Waals surface area contributed by atoms with Crippen LogP contribution >= 0.6 is 11.6 Å². The summed E-state index contributed by atoms with van der Waals surface area (Å²) in [6, 6.07) is 0. The van der Waals surface area contributed by atoms with Crippen LogP contribution in [0.2, 0.25) is 0 Å². The van der Waals surface area contributed by atoms with Gasteiger partial charge in [0.1, 0.15) is 5.78 Å². The van der Waals surface area contributed by atoms with E-state index in [2.05, 4.69) is 26.0 Å². The molecular formula is C19H25ClO. The summed E-state index contributed by atoms with van der Waals surface area (Å²) in [5, 5.41) is 1.12. The van der Waals surface area contributed by atoms with Crippen LogP contribution in [0.1, 0.15) is 58.8 Å². The molecule has 4 aliphatic rings. The summed E-state index contributed by atoms with van der Waals surface area (Å²) in [4.78, 5) is 11.8. The van der Waals surface area contributed by atoms with E-state index in [-0.39, 0.29) is 10.8 Å². The minimum atomic E-state index is 0.231. The van der Waals surface area contributed by atoms with Crippen LogP contribution in [0.25, 0.3) is 0 Å². The third kappa shape index (κ3) is 1.79. The molecule has 4 aliphatic carbocycles. The minimum absolute atomic E-state index is 0.231. The van der Waals surface area contributed by atoms with Crippen LogP contribution in [0.5, 0.6) is 0 Å². The monoisotopic (exact) mass is 304 g/mol. The summed E-state index contributed by atoms with van der Waals surface area (Å²) < 4.78 is 0. The lowest BCUT2D eigenvalue weighted by molar-refractivity contribution is -0.122. The zero-order valence-corrected chi connectivity index (χ0v) is 13.9. The van der Waals surface area contributed by atoms with Crippen molar-refractivity contribution < 1.29 is 4.79 Å². The first-order valence-corrected chi connectivity index (χ1v) is 8.90. The van der Waals surface area contributed by atoms with Crippen molar-refractivity contribution in [3.63, 3.8) is 0 Å². The Kier molecular flexibility index (Phi) is 2.99. The Balaban J connectivity index is 1.70. The summed E-state index contributed by atoms with van der Waals surface area (Å²) >= 11 is 6.55. The SMILES string of the molecule is C[C@]12CCC(=O)CC1=CCC1C2CC[C@]2(C)C(Cl)=CCC12. The van der Waals surface area contributed by atoms with Crippen LogP contribution in [-0.2, 0) is 4.79 Å². The maximum Gasteiger partial charge on any atom is 0.136 e. The van der Waals surface area contributed by atoms with Crippen molar-refractivity contribution >= 4 is 17.4 Å². The fraction of sp³-hybridized carbons (Fsp3) is 0.737. The van der Waals surface area contributed by atoms with Crippen molar-refractivity contribution in [1.82, 2.24) is 0 Å². The van der Waals surface area contributed by atoms with E-state index in [1.54, 1.807) is 0 Å². The maximum atomic E-state index is 11.8. The highest BCUT2D eigenvalue weighted by Crippen LogP contribution is 2.65. The number of hydrogen-bond acceptors (Lipinski definition) is 1. The zero-order chi connectivity index (χ0) is 14.8. The van der Waals surface area contributed by atoms with Crippen molar-refractivity contribution in [1.29, 1.82) is 0 Å². The molecule has 5 atom stereocenters. The van der Waals surface area contributed by atoms with Crippen molar-refractivity contribution in [2.45, 2.75) is 58.8 Å². The Bertz CT molecular complexity index is 560. The van der Waals surface area contributed by atoms with E-state index in [4.69, 9.17) is 11.6 Å². The normalized spacial score (nSPS) is 48.9. The standard InChI is InChI=1S/C19H25ClO/c1-18-9-7-13(21)11-12(18)3-4-14-15-5-6-17(20)19(15,2)10-8-16(14)18/h3,6,14-16H,4-5,7-11H2,1-2H3/t14?,15?,16?,18-,19-/m0/s1. The molecule has 2 saturated carbocycles. The molecular weight excluding hydrogens is 280 g/mol. The van der Waals surface area contributed by atoms with Crippen molar-refractivity contribution in [3.05, 3.63) is 22.8 Å². The molecule has 1 nitrogen and oxygen atoms in total. The summed E-state index contributed by atoms with van der Waals surface area (Å²) in [5.41, 5.74) is 1.97. The smallest absolute Gasteiger partial charge is 0.136 e. The van der Waals surface area contributed by atoms with Crippen LogP contribution < -0.4 is 0 Å². The largest absolute Gasteiger partial charge is 0.299 e. The van der Waals surface area contributed by atoms with E-state index >= 15 is 0 Å². The number of hydrogen-bond donors (Lipinski definition) is 0. The molecule has 0 radical (unpaired) electrons.